The highest BCUT2D eigenvalue weighted by Crippen LogP contribution is 2.49. The number of carbonyl (C=O) groups is 1. The van der Waals surface area contributed by atoms with Crippen LogP contribution in [0.1, 0.15) is 20.8 Å². The largest absolute Gasteiger partial charge is 0.507 e. The fourth-order valence-electron chi connectivity index (χ4n) is 4.47. The quantitative estimate of drug-likeness (QED) is 0.511. The number of nitrogens with zero attached hydrogens (tertiary/aromatic N) is 4. The lowest BCUT2D eigenvalue weighted by Crippen LogP contribution is -2.57. The molecule has 1 aromatic heterocycles. The van der Waals surface area contributed by atoms with Crippen LogP contribution >= 0.6 is 11.6 Å². The first-order valence-corrected chi connectivity index (χ1v) is 11.5. The van der Waals surface area contributed by atoms with E-state index in [1.165, 1.54) is 18.5 Å². The Labute approximate surface area is 205 Å². The zero-order chi connectivity index (χ0) is 25.1. The highest BCUT2D eigenvalue weighted by molar-refractivity contribution is 6.36. The molecule has 1 atom stereocenters. The fourth-order valence-corrected chi connectivity index (χ4v) is 4.80. The molecule has 11 heteroatoms. The van der Waals surface area contributed by atoms with Gasteiger partial charge in [0, 0.05) is 25.2 Å². The molecule has 1 saturated heterocycles. The first-order chi connectivity index (χ1) is 16.6. The van der Waals surface area contributed by atoms with Crippen LogP contribution in [0.25, 0.3) is 22.0 Å². The maximum Gasteiger partial charge on any atom is 0.410 e. The molecule has 2 aromatic carbocycles. The minimum absolute atomic E-state index is 0.0922. The molecule has 184 valence electrons. The van der Waals surface area contributed by atoms with Gasteiger partial charge in [0.25, 0.3) is 0 Å². The molecule has 8 nitrogen and oxygen atoms in total. The molecule has 0 unspecified atom stereocenters. The maximum absolute atomic E-state index is 15.8. The monoisotopic (exact) mass is 504 g/mol. The van der Waals surface area contributed by atoms with Gasteiger partial charge in [0.05, 0.1) is 22.0 Å². The van der Waals surface area contributed by atoms with E-state index in [2.05, 4.69) is 9.97 Å². The van der Waals surface area contributed by atoms with Crippen molar-refractivity contribution in [2.75, 3.05) is 31.1 Å². The van der Waals surface area contributed by atoms with Crippen LogP contribution in [0, 0.1) is 11.6 Å². The Morgan fingerprint density at radius 2 is 2.00 bits per heavy atom. The van der Waals surface area contributed by atoms with Crippen LogP contribution in [0.3, 0.4) is 0 Å². The van der Waals surface area contributed by atoms with Crippen LogP contribution in [0.2, 0.25) is 5.02 Å². The van der Waals surface area contributed by atoms with Crippen LogP contribution in [-0.2, 0) is 4.74 Å². The maximum atomic E-state index is 15.8. The van der Waals surface area contributed by atoms with Crippen molar-refractivity contribution in [2.24, 2.45) is 0 Å². The highest BCUT2D eigenvalue weighted by atomic mass is 35.5. The van der Waals surface area contributed by atoms with Gasteiger partial charge in [0.2, 0.25) is 0 Å². The number of anilines is 1. The van der Waals surface area contributed by atoms with Gasteiger partial charge in [-0.15, -0.1) is 0 Å². The second kappa shape index (κ2) is 8.37. The topological polar surface area (TPSA) is 88.0 Å². The smallest absolute Gasteiger partial charge is 0.410 e. The second-order valence-electron chi connectivity index (χ2n) is 9.47. The number of rotatable bonds is 1. The summed E-state index contributed by atoms with van der Waals surface area (Å²) in [6.07, 6.45) is 0.777. The van der Waals surface area contributed by atoms with Gasteiger partial charge in [-0.3, -0.25) is 0 Å². The van der Waals surface area contributed by atoms with E-state index >= 15 is 4.39 Å². The number of carbonyl (C=O) groups excluding carboxylic acids is 1. The van der Waals surface area contributed by atoms with E-state index in [-0.39, 0.29) is 52.0 Å². The zero-order valence-electron chi connectivity index (χ0n) is 19.3. The predicted molar refractivity (Wildman–Crippen MR) is 126 cm³/mol. The number of amides is 1. The van der Waals surface area contributed by atoms with E-state index in [9.17, 15) is 14.3 Å². The SMILES string of the molecule is CC(C)(C)OC(=O)N1CCN2c3ncnc4c(F)c(-c5c(O)cccc5F)c(Cl)c(c34)OC[C@@H]2C1. The Bertz CT molecular complexity index is 1330. The average molecular weight is 505 g/mol. The summed E-state index contributed by atoms with van der Waals surface area (Å²) in [6.45, 7) is 6.54. The Hall–Kier alpha value is -3.40. The summed E-state index contributed by atoms with van der Waals surface area (Å²) in [4.78, 5) is 24.6. The number of aromatic hydroxyl groups is 1. The molecule has 3 aromatic rings. The number of piperazine rings is 1. The van der Waals surface area contributed by atoms with Gasteiger partial charge in [0.15, 0.2) is 11.6 Å². The normalized spacial score (nSPS) is 17.6. The molecule has 1 fully saturated rings. The highest BCUT2D eigenvalue weighted by Gasteiger charge is 2.38. The minimum atomic E-state index is -0.896. The van der Waals surface area contributed by atoms with Gasteiger partial charge in [-0.1, -0.05) is 17.7 Å². The van der Waals surface area contributed by atoms with Crippen molar-refractivity contribution in [3.8, 4) is 22.6 Å². The Morgan fingerprint density at radius 1 is 1.23 bits per heavy atom. The van der Waals surface area contributed by atoms with Crippen molar-refractivity contribution >= 4 is 34.4 Å². The molecule has 3 heterocycles. The van der Waals surface area contributed by atoms with Crippen molar-refractivity contribution in [3.05, 3.63) is 41.2 Å². The van der Waals surface area contributed by atoms with Gasteiger partial charge in [-0.2, -0.15) is 0 Å². The number of fused-ring (bicyclic) bond motifs is 2. The Kier molecular flexibility index (Phi) is 5.58. The standard InChI is InChI=1S/C24H23ClF2N4O4/c1-24(2,3)35-23(33)30-7-8-31-12(9-30)10-34-21-17-20(28-11-29-22(17)31)19(27)16(18(21)25)15-13(26)5-4-6-14(15)32/h4-6,11-12,32H,7-10H2,1-3H3/t12-/m0/s1. The third-order valence-corrected chi connectivity index (χ3v) is 6.33. The molecular weight excluding hydrogens is 482 g/mol. The van der Waals surface area contributed by atoms with Gasteiger partial charge in [-0.05, 0) is 32.9 Å². The third kappa shape index (κ3) is 3.95. The lowest BCUT2D eigenvalue weighted by Gasteiger charge is -2.41. The van der Waals surface area contributed by atoms with E-state index < -0.39 is 29.1 Å². The summed E-state index contributed by atoms with van der Waals surface area (Å²) in [5.74, 6) is -1.71. The first kappa shape index (κ1) is 23.3. The number of hydrogen-bond acceptors (Lipinski definition) is 7. The number of phenols is 1. The fraction of sp³-hybridized carbons (Fsp3) is 0.375. The summed E-state index contributed by atoms with van der Waals surface area (Å²) in [7, 11) is 0. The van der Waals surface area contributed by atoms with Crippen molar-refractivity contribution in [3.63, 3.8) is 0 Å². The van der Waals surface area contributed by atoms with Crippen LogP contribution in [0.4, 0.5) is 19.4 Å². The molecule has 0 radical (unpaired) electrons. The van der Waals surface area contributed by atoms with Crippen LogP contribution < -0.4 is 9.64 Å². The molecule has 0 aliphatic carbocycles. The molecule has 1 N–H and O–H groups in total. The van der Waals surface area contributed by atoms with Crippen molar-refractivity contribution in [1.29, 1.82) is 0 Å². The van der Waals surface area contributed by atoms with Gasteiger partial charge in [-0.25, -0.2) is 23.5 Å². The average Bonchev–Trinajstić information content (AvgIpc) is 2.95. The number of ether oxygens (including phenoxy) is 2. The van der Waals surface area contributed by atoms with Gasteiger partial charge < -0.3 is 24.4 Å². The molecule has 0 spiro atoms. The van der Waals surface area contributed by atoms with Crippen LogP contribution in [-0.4, -0.2) is 64.0 Å². The van der Waals surface area contributed by atoms with E-state index in [4.69, 9.17) is 21.1 Å². The van der Waals surface area contributed by atoms with Gasteiger partial charge in [0.1, 0.15) is 41.4 Å². The van der Waals surface area contributed by atoms with Gasteiger partial charge >= 0.3 is 6.09 Å². The zero-order valence-corrected chi connectivity index (χ0v) is 20.1. The minimum Gasteiger partial charge on any atom is -0.507 e. The predicted octanol–water partition coefficient (Wildman–Crippen LogP) is 4.75. The van der Waals surface area contributed by atoms with E-state index in [1.807, 2.05) is 4.90 Å². The molecule has 2 aliphatic heterocycles. The molecular formula is C24H23ClF2N4O4. The van der Waals surface area contributed by atoms with Crippen LogP contribution in [0.5, 0.6) is 11.5 Å². The molecule has 1 amide bonds. The van der Waals surface area contributed by atoms with E-state index in [0.717, 1.165) is 6.07 Å². The number of benzene rings is 2. The van der Waals surface area contributed by atoms with Crippen molar-refractivity contribution < 1.29 is 28.2 Å². The van der Waals surface area contributed by atoms with Crippen LogP contribution in [0.15, 0.2) is 24.5 Å². The van der Waals surface area contributed by atoms with Crippen molar-refractivity contribution in [2.45, 2.75) is 32.4 Å². The third-order valence-electron chi connectivity index (χ3n) is 5.97. The summed E-state index contributed by atoms with van der Waals surface area (Å²) < 4.78 is 42.0. The van der Waals surface area contributed by atoms with E-state index in [1.54, 1.807) is 25.7 Å². The summed E-state index contributed by atoms with van der Waals surface area (Å²) in [6, 6.07) is 3.32. The number of aromatic nitrogens is 2. The van der Waals surface area contributed by atoms with E-state index in [0.29, 0.717) is 18.9 Å². The Balaban J connectivity index is 1.60. The molecule has 5 rings (SSSR count). The summed E-state index contributed by atoms with van der Waals surface area (Å²) in [5.41, 5.74) is -1.47. The lowest BCUT2D eigenvalue weighted by molar-refractivity contribution is 0.0202. The number of halogens is 3. The number of phenolic OH excluding ortho intramolecular Hbond substituents is 1. The summed E-state index contributed by atoms with van der Waals surface area (Å²) >= 11 is 6.60. The summed E-state index contributed by atoms with van der Waals surface area (Å²) in [5, 5.41) is 10.3. The molecule has 2 aliphatic rings. The molecule has 35 heavy (non-hydrogen) atoms. The second-order valence-corrected chi connectivity index (χ2v) is 9.85. The molecule has 0 bridgehead atoms. The lowest BCUT2D eigenvalue weighted by atomic mass is 10.00. The van der Waals surface area contributed by atoms with Crippen molar-refractivity contribution in [1.82, 2.24) is 14.9 Å². The molecule has 0 saturated carbocycles. The Morgan fingerprint density at radius 3 is 2.71 bits per heavy atom. The first-order valence-electron chi connectivity index (χ1n) is 11.1. The number of hydrogen-bond donors (Lipinski definition) is 1.